The molecule has 1 fully saturated rings. The normalized spacial score (nSPS) is 15.4. The topological polar surface area (TPSA) is 91.4 Å². The molecule has 2 N–H and O–H groups in total. The van der Waals surface area contributed by atoms with Gasteiger partial charge in [-0.05, 0) is 73.2 Å². The fourth-order valence-electron chi connectivity index (χ4n) is 4.16. The third-order valence-electron chi connectivity index (χ3n) is 5.94. The molecular formula is C27H24N4O3S. The Morgan fingerprint density at radius 2 is 1.66 bits per heavy atom. The molecule has 7 nitrogen and oxygen atoms in total. The average Bonchev–Trinajstić information content (AvgIpc) is 3.43. The minimum absolute atomic E-state index is 0.0983. The Kier molecular flexibility index (Phi) is 6.05. The minimum Gasteiger partial charge on any atom is -0.326 e. The standard InChI is InChI=1S/C27H24N4O3S/c1-16-3-12-23-24(13-16)35-27(30-23)18-4-6-21(7-5-18)29-26(34)19-14-25(33)31(15-19)22-10-8-20(9-11-22)28-17(2)32/h3-13,19H,14-15H2,1-2H3,(H,28,32)(H,29,34). The molecule has 3 aromatic carbocycles. The van der Waals surface area contributed by atoms with Gasteiger partial charge in [-0.2, -0.15) is 0 Å². The lowest BCUT2D eigenvalue weighted by atomic mass is 10.1. The number of rotatable bonds is 5. The second-order valence-corrected chi connectivity index (χ2v) is 9.72. The van der Waals surface area contributed by atoms with Crippen molar-refractivity contribution in [3.05, 3.63) is 72.3 Å². The number of anilines is 3. The van der Waals surface area contributed by atoms with Gasteiger partial charge in [0.2, 0.25) is 17.7 Å². The molecule has 1 unspecified atom stereocenters. The lowest BCUT2D eigenvalue weighted by Crippen LogP contribution is -2.28. The molecule has 0 bridgehead atoms. The summed E-state index contributed by atoms with van der Waals surface area (Å²) < 4.78 is 1.15. The van der Waals surface area contributed by atoms with Crippen molar-refractivity contribution in [2.45, 2.75) is 20.3 Å². The zero-order chi connectivity index (χ0) is 24.5. The highest BCUT2D eigenvalue weighted by Gasteiger charge is 2.35. The second-order valence-electron chi connectivity index (χ2n) is 8.69. The van der Waals surface area contributed by atoms with Gasteiger partial charge in [-0.25, -0.2) is 4.98 Å². The van der Waals surface area contributed by atoms with Gasteiger partial charge in [0.15, 0.2) is 0 Å². The van der Waals surface area contributed by atoms with Crippen LogP contribution in [0.4, 0.5) is 17.1 Å². The van der Waals surface area contributed by atoms with E-state index in [1.165, 1.54) is 12.5 Å². The molecule has 0 radical (unpaired) electrons. The van der Waals surface area contributed by atoms with Crippen LogP contribution in [0.5, 0.6) is 0 Å². The van der Waals surface area contributed by atoms with Crippen molar-refractivity contribution < 1.29 is 14.4 Å². The van der Waals surface area contributed by atoms with E-state index < -0.39 is 5.92 Å². The quantitative estimate of drug-likeness (QED) is 0.406. The van der Waals surface area contributed by atoms with Crippen LogP contribution >= 0.6 is 11.3 Å². The highest BCUT2D eigenvalue weighted by Crippen LogP contribution is 2.32. The van der Waals surface area contributed by atoms with Crippen molar-refractivity contribution in [1.82, 2.24) is 4.98 Å². The van der Waals surface area contributed by atoms with Gasteiger partial charge in [0.1, 0.15) is 5.01 Å². The predicted molar refractivity (Wildman–Crippen MR) is 140 cm³/mol. The van der Waals surface area contributed by atoms with Gasteiger partial charge in [-0.15, -0.1) is 11.3 Å². The van der Waals surface area contributed by atoms with Gasteiger partial charge in [0.25, 0.3) is 0 Å². The smallest absolute Gasteiger partial charge is 0.229 e. The Morgan fingerprint density at radius 3 is 2.37 bits per heavy atom. The van der Waals surface area contributed by atoms with Crippen LogP contribution in [0.2, 0.25) is 0 Å². The maximum Gasteiger partial charge on any atom is 0.229 e. The Bertz CT molecular complexity index is 1430. The molecule has 1 aliphatic heterocycles. The third-order valence-corrected chi connectivity index (χ3v) is 7.01. The SMILES string of the molecule is CC(=O)Nc1ccc(N2CC(C(=O)Nc3ccc(-c4nc5ccc(C)cc5s4)cc3)CC2=O)cc1. The summed E-state index contributed by atoms with van der Waals surface area (Å²) in [7, 11) is 0. The zero-order valence-corrected chi connectivity index (χ0v) is 20.2. The van der Waals surface area contributed by atoms with Crippen LogP contribution in [0.25, 0.3) is 20.8 Å². The van der Waals surface area contributed by atoms with Crippen molar-refractivity contribution in [2.24, 2.45) is 5.92 Å². The van der Waals surface area contributed by atoms with Gasteiger partial charge < -0.3 is 15.5 Å². The number of aryl methyl sites for hydroxylation is 1. The first kappa shape index (κ1) is 22.7. The van der Waals surface area contributed by atoms with E-state index in [0.29, 0.717) is 23.6 Å². The monoisotopic (exact) mass is 484 g/mol. The Labute approximate surface area is 206 Å². The number of benzene rings is 3. The summed E-state index contributed by atoms with van der Waals surface area (Å²) >= 11 is 1.64. The predicted octanol–water partition coefficient (Wildman–Crippen LogP) is 5.22. The van der Waals surface area contributed by atoms with E-state index >= 15 is 0 Å². The van der Waals surface area contributed by atoms with E-state index in [-0.39, 0.29) is 24.1 Å². The summed E-state index contributed by atoms with van der Waals surface area (Å²) in [5, 5.41) is 6.57. The van der Waals surface area contributed by atoms with E-state index in [9.17, 15) is 14.4 Å². The molecule has 1 atom stereocenters. The number of carbonyl (C=O) groups is 3. The van der Waals surface area contributed by atoms with Crippen molar-refractivity contribution >= 4 is 56.3 Å². The molecule has 176 valence electrons. The Balaban J connectivity index is 1.23. The van der Waals surface area contributed by atoms with Gasteiger partial charge in [-0.3, -0.25) is 14.4 Å². The molecule has 0 saturated carbocycles. The van der Waals surface area contributed by atoms with Crippen LogP contribution < -0.4 is 15.5 Å². The zero-order valence-electron chi connectivity index (χ0n) is 19.4. The van der Waals surface area contributed by atoms with Crippen LogP contribution in [0.15, 0.2) is 66.7 Å². The number of thiazole rings is 1. The first-order chi connectivity index (χ1) is 16.9. The lowest BCUT2D eigenvalue weighted by Gasteiger charge is -2.17. The third kappa shape index (κ3) is 4.93. The van der Waals surface area contributed by atoms with Crippen molar-refractivity contribution in [1.29, 1.82) is 0 Å². The number of nitrogens with zero attached hydrogens (tertiary/aromatic N) is 2. The van der Waals surface area contributed by atoms with Crippen LogP contribution in [0.1, 0.15) is 18.9 Å². The number of fused-ring (bicyclic) bond motifs is 1. The second kappa shape index (κ2) is 9.31. The molecule has 2 heterocycles. The molecule has 4 aromatic rings. The highest BCUT2D eigenvalue weighted by atomic mass is 32.1. The van der Waals surface area contributed by atoms with Gasteiger partial charge in [0, 0.05) is 42.5 Å². The van der Waals surface area contributed by atoms with E-state index in [0.717, 1.165) is 20.8 Å². The first-order valence-corrected chi connectivity index (χ1v) is 12.1. The number of aromatic nitrogens is 1. The number of hydrogen-bond acceptors (Lipinski definition) is 5. The highest BCUT2D eigenvalue weighted by molar-refractivity contribution is 7.21. The van der Waals surface area contributed by atoms with Crippen LogP contribution in [-0.2, 0) is 14.4 Å². The van der Waals surface area contributed by atoms with E-state index in [4.69, 9.17) is 4.98 Å². The fraction of sp³-hybridized carbons (Fsp3) is 0.185. The maximum absolute atomic E-state index is 12.9. The summed E-state index contributed by atoms with van der Waals surface area (Å²) in [4.78, 5) is 43.0. The number of amides is 3. The molecule has 0 spiro atoms. The Morgan fingerprint density at radius 1 is 0.971 bits per heavy atom. The fourth-order valence-corrected chi connectivity index (χ4v) is 5.23. The molecule has 5 rings (SSSR count). The lowest BCUT2D eigenvalue weighted by molar-refractivity contribution is -0.122. The van der Waals surface area contributed by atoms with Crippen molar-refractivity contribution in [2.75, 3.05) is 22.1 Å². The summed E-state index contributed by atoms with van der Waals surface area (Å²) in [6.45, 7) is 3.82. The van der Waals surface area contributed by atoms with E-state index in [1.807, 2.05) is 30.3 Å². The molecule has 35 heavy (non-hydrogen) atoms. The number of nitrogens with one attached hydrogen (secondary N) is 2. The molecular weight excluding hydrogens is 460 g/mol. The first-order valence-electron chi connectivity index (χ1n) is 11.3. The molecule has 3 amide bonds. The molecule has 1 aliphatic rings. The summed E-state index contributed by atoms with van der Waals surface area (Å²) in [6.07, 6.45) is 0.155. The minimum atomic E-state index is -0.440. The maximum atomic E-state index is 12.9. The van der Waals surface area contributed by atoms with E-state index in [2.05, 4.69) is 29.7 Å². The summed E-state index contributed by atoms with van der Waals surface area (Å²) in [5.74, 6) is -0.877. The molecule has 1 saturated heterocycles. The van der Waals surface area contributed by atoms with E-state index in [1.54, 1.807) is 40.5 Å². The Hall–Kier alpha value is -4.04. The average molecular weight is 485 g/mol. The van der Waals surface area contributed by atoms with Gasteiger partial charge >= 0.3 is 0 Å². The molecule has 0 aliphatic carbocycles. The number of hydrogen-bond donors (Lipinski definition) is 2. The van der Waals surface area contributed by atoms with Crippen molar-refractivity contribution in [3.63, 3.8) is 0 Å². The van der Waals surface area contributed by atoms with Gasteiger partial charge in [-0.1, -0.05) is 6.07 Å². The summed E-state index contributed by atoms with van der Waals surface area (Å²) in [6, 6.07) is 20.9. The van der Waals surface area contributed by atoms with Crippen LogP contribution in [-0.4, -0.2) is 29.3 Å². The molecule has 8 heteroatoms. The van der Waals surface area contributed by atoms with Crippen LogP contribution in [0, 0.1) is 12.8 Å². The number of carbonyl (C=O) groups excluding carboxylic acids is 3. The van der Waals surface area contributed by atoms with Gasteiger partial charge in [0.05, 0.1) is 16.1 Å². The molecule has 1 aromatic heterocycles. The largest absolute Gasteiger partial charge is 0.326 e. The van der Waals surface area contributed by atoms with Crippen molar-refractivity contribution in [3.8, 4) is 10.6 Å². The van der Waals surface area contributed by atoms with Crippen LogP contribution in [0.3, 0.4) is 0 Å². The summed E-state index contributed by atoms with van der Waals surface area (Å²) in [5.41, 5.74) is 5.22.